The fraction of sp³-hybridized carbons (Fsp3) is 0.143. The predicted octanol–water partition coefficient (Wildman–Crippen LogP) is 4.13. The van der Waals surface area contributed by atoms with Gasteiger partial charge >= 0.3 is 0 Å². The van der Waals surface area contributed by atoms with E-state index in [0.29, 0.717) is 20.6 Å². The number of benzene rings is 2. The minimum atomic E-state index is -0.448. The Morgan fingerprint density at radius 2 is 2.00 bits per heavy atom. The molecule has 1 unspecified atom stereocenters. The highest BCUT2D eigenvalue weighted by atomic mass is 79.9. The van der Waals surface area contributed by atoms with Crippen LogP contribution in [-0.4, -0.2) is 0 Å². The molecule has 2 aromatic rings. The number of nitrogens with one attached hydrogen (secondary N) is 1. The van der Waals surface area contributed by atoms with E-state index in [1.54, 1.807) is 12.1 Å². The molecule has 2 rings (SSSR count). The molecule has 106 valence electrons. The van der Waals surface area contributed by atoms with E-state index in [1.165, 1.54) is 24.3 Å². The fourth-order valence-electron chi connectivity index (χ4n) is 1.98. The van der Waals surface area contributed by atoms with Crippen LogP contribution in [0.25, 0.3) is 0 Å². The van der Waals surface area contributed by atoms with Gasteiger partial charge in [0.1, 0.15) is 11.6 Å². The van der Waals surface area contributed by atoms with Crippen molar-refractivity contribution in [2.45, 2.75) is 12.5 Å². The molecule has 0 fully saturated rings. The summed E-state index contributed by atoms with van der Waals surface area (Å²) in [5, 5.41) is 0.320. The third-order valence-electron chi connectivity index (χ3n) is 2.96. The summed E-state index contributed by atoms with van der Waals surface area (Å²) in [6.45, 7) is 0. The van der Waals surface area contributed by atoms with Gasteiger partial charge in [-0.1, -0.05) is 33.6 Å². The summed E-state index contributed by atoms with van der Waals surface area (Å²) in [7, 11) is 0. The molecule has 1 atom stereocenters. The third-order valence-corrected chi connectivity index (χ3v) is 3.77. The van der Waals surface area contributed by atoms with E-state index in [4.69, 9.17) is 17.4 Å². The summed E-state index contributed by atoms with van der Waals surface area (Å²) in [6, 6.07) is 8.44. The Morgan fingerprint density at radius 1 is 1.25 bits per heavy atom. The molecule has 0 bridgehead atoms. The number of hydrogen-bond acceptors (Lipinski definition) is 2. The molecule has 0 aliphatic heterocycles. The summed E-state index contributed by atoms with van der Waals surface area (Å²) in [5.74, 6) is 4.70. The Hall–Kier alpha value is -1.01. The highest BCUT2D eigenvalue weighted by molar-refractivity contribution is 9.10. The van der Waals surface area contributed by atoms with E-state index >= 15 is 0 Å². The SMILES string of the molecule is NNC(Cc1c(F)cccc1Cl)c1cc(F)cc(Br)c1. The summed E-state index contributed by atoms with van der Waals surface area (Å²) in [6.07, 6.45) is 0.220. The molecular formula is C14H12BrClF2N2. The second kappa shape index (κ2) is 6.63. The minimum absolute atomic E-state index is 0.220. The van der Waals surface area contributed by atoms with Crippen molar-refractivity contribution in [1.29, 1.82) is 0 Å². The van der Waals surface area contributed by atoms with Crippen LogP contribution in [0, 0.1) is 11.6 Å². The Balaban J connectivity index is 2.33. The molecule has 3 N–H and O–H groups in total. The van der Waals surface area contributed by atoms with Crippen LogP contribution in [0.5, 0.6) is 0 Å². The standard InChI is InChI=1S/C14H12BrClF2N2/c15-9-4-8(5-10(17)6-9)14(20-19)7-11-12(16)2-1-3-13(11)18/h1-6,14,20H,7,19H2. The van der Waals surface area contributed by atoms with Gasteiger partial charge in [-0.15, -0.1) is 0 Å². The van der Waals surface area contributed by atoms with Gasteiger partial charge in [-0.05, 0) is 42.3 Å². The minimum Gasteiger partial charge on any atom is -0.271 e. The van der Waals surface area contributed by atoms with Crippen molar-refractivity contribution in [2.24, 2.45) is 5.84 Å². The maximum atomic E-state index is 13.8. The molecule has 0 aliphatic carbocycles. The first-order chi connectivity index (χ1) is 9.51. The van der Waals surface area contributed by atoms with Crippen molar-refractivity contribution in [3.63, 3.8) is 0 Å². The zero-order valence-electron chi connectivity index (χ0n) is 10.3. The van der Waals surface area contributed by atoms with E-state index in [-0.39, 0.29) is 6.42 Å². The zero-order chi connectivity index (χ0) is 14.7. The van der Waals surface area contributed by atoms with Crippen molar-refractivity contribution in [3.8, 4) is 0 Å². The molecule has 0 spiro atoms. The second-order valence-electron chi connectivity index (χ2n) is 4.33. The van der Waals surface area contributed by atoms with Crippen LogP contribution >= 0.6 is 27.5 Å². The molecule has 6 heteroatoms. The van der Waals surface area contributed by atoms with Crippen molar-refractivity contribution in [3.05, 3.63) is 68.7 Å². The first kappa shape index (κ1) is 15.4. The van der Waals surface area contributed by atoms with E-state index in [0.717, 1.165) is 0 Å². The maximum absolute atomic E-state index is 13.8. The van der Waals surface area contributed by atoms with Gasteiger partial charge in [0.05, 0.1) is 6.04 Å². The normalized spacial score (nSPS) is 12.4. The average molecular weight is 362 g/mol. The highest BCUT2D eigenvalue weighted by Crippen LogP contribution is 2.27. The van der Waals surface area contributed by atoms with Crippen LogP contribution in [-0.2, 0) is 6.42 Å². The molecule has 0 radical (unpaired) electrons. The van der Waals surface area contributed by atoms with Gasteiger partial charge < -0.3 is 0 Å². The van der Waals surface area contributed by atoms with Crippen molar-refractivity contribution in [2.75, 3.05) is 0 Å². The van der Waals surface area contributed by atoms with Crippen LogP contribution < -0.4 is 11.3 Å². The summed E-state index contributed by atoms with van der Waals surface area (Å²) < 4.78 is 27.8. The molecule has 0 heterocycles. The van der Waals surface area contributed by atoms with Crippen LogP contribution in [0.15, 0.2) is 40.9 Å². The van der Waals surface area contributed by atoms with Gasteiger partial charge in [0.2, 0.25) is 0 Å². The largest absolute Gasteiger partial charge is 0.271 e. The van der Waals surface area contributed by atoms with E-state index in [9.17, 15) is 8.78 Å². The van der Waals surface area contributed by atoms with Crippen molar-refractivity contribution in [1.82, 2.24) is 5.43 Å². The smallest absolute Gasteiger partial charge is 0.127 e. The lowest BCUT2D eigenvalue weighted by Gasteiger charge is -2.18. The number of rotatable bonds is 4. The van der Waals surface area contributed by atoms with E-state index in [1.807, 2.05) is 0 Å². The van der Waals surface area contributed by atoms with Crippen molar-refractivity contribution < 1.29 is 8.78 Å². The maximum Gasteiger partial charge on any atom is 0.127 e. The van der Waals surface area contributed by atoms with Crippen molar-refractivity contribution >= 4 is 27.5 Å². The topological polar surface area (TPSA) is 38.0 Å². The van der Waals surface area contributed by atoms with E-state index in [2.05, 4.69) is 21.4 Å². The van der Waals surface area contributed by atoms with Crippen LogP contribution in [0.3, 0.4) is 0 Å². The van der Waals surface area contributed by atoms with Gasteiger partial charge in [0.25, 0.3) is 0 Å². The number of hydrazine groups is 1. The Morgan fingerprint density at radius 3 is 2.60 bits per heavy atom. The molecule has 0 saturated carbocycles. The summed E-state index contributed by atoms with van der Waals surface area (Å²) >= 11 is 9.20. The Kier molecular flexibility index (Phi) is 5.10. The van der Waals surface area contributed by atoms with Crippen LogP contribution in [0.4, 0.5) is 8.78 Å². The molecule has 0 amide bonds. The Bertz CT molecular complexity index is 582. The van der Waals surface area contributed by atoms with Gasteiger partial charge in [-0.25, -0.2) is 8.78 Å². The molecule has 0 aliphatic rings. The predicted molar refractivity (Wildman–Crippen MR) is 79.3 cm³/mol. The Labute approximate surface area is 129 Å². The average Bonchev–Trinajstić information content (AvgIpc) is 2.37. The molecule has 20 heavy (non-hydrogen) atoms. The fourth-order valence-corrected chi connectivity index (χ4v) is 2.70. The lowest BCUT2D eigenvalue weighted by atomic mass is 9.99. The molecule has 0 aromatic heterocycles. The third kappa shape index (κ3) is 3.55. The lowest BCUT2D eigenvalue weighted by molar-refractivity contribution is 0.524. The van der Waals surface area contributed by atoms with Gasteiger partial charge in [-0.2, -0.15) is 0 Å². The van der Waals surface area contributed by atoms with Crippen LogP contribution in [0.1, 0.15) is 17.2 Å². The quantitative estimate of drug-likeness (QED) is 0.635. The van der Waals surface area contributed by atoms with Crippen LogP contribution in [0.2, 0.25) is 5.02 Å². The second-order valence-corrected chi connectivity index (χ2v) is 5.65. The lowest BCUT2D eigenvalue weighted by Crippen LogP contribution is -2.30. The zero-order valence-corrected chi connectivity index (χ0v) is 12.7. The molecule has 2 aromatic carbocycles. The first-order valence-electron chi connectivity index (χ1n) is 5.86. The van der Waals surface area contributed by atoms with Gasteiger partial charge in [0.15, 0.2) is 0 Å². The number of nitrogens with two attached hydrogens (primary N) is 1. The first-order valence-corrected chi connectivity index (χ1v) is 7.03. The monoisotopic (exact) mass is 360 g/mol. The summed E-state index contributed by atoms with van der Waals surface area (Å²) in [4.78, 5) is 0. The molecule has 2 nitrogen and oxygen atoms in total. The molecule has 0 saturated heterocycles. The van der Waals surface area contributed by atoms with Gasteiger partial charge in [0, 0.05) is 15.1 Å². The highest BCUT2D eigenvalue weighted by Gasteiger charge is 2.16. The van der Waals surface area contributed by atoms with E-state index < -0.39 is 17.7 Å². The number of hydrogen-bond donors (Lipinski definition) is 2. The summed E-state index contributed by atoms with van der Waals surface area (Å²) in [5.41, 5.74) is 3.52. The molecular weight excluding hydrogens is 350 g/mol. The number of halogens is 4. The van der Waals surface area contributed by atoms with Gasteiger partial charge in [-0.3, -0.25) is 11.3 Å².